The Kier molecular flexibility index (Phi) is 4.10. The van der Waals surface area contributed by atoms with Gasteiger partial charge in [-0.2, -0.15) is 0 Å². The summed E-state index contributed by atoms with van der Waals surface area (Å²) < 4.78 is 5.57. The van der Waals surface area contributed by atoms with E-state index in [2.05, 4.69) is 11.0 Å². The fourth-order valence-electron chi connectivity index (χ4n) is 3.72. The first-order chi connectivity index (χ1) is 9.74. The average molecular weight is 277 g/mol. The second-order valence-electron chi connectivity index (χ2n) is 6.12. The van der Waals surface area contributed by atoms with E-state index in [0.717, 1.165) is 38.8 Å². The highest BCUT2D eigenvalue weighted by atomic mass is 16.4. The van der Waals surface area contributed by atoms with Crippen molar-refractivity contribution in [1.82, 2.24) is 4.90 Å². The zero-order chi connectivity index (χ0) is 13.9. The van der Waals surface area contributed by atoms with E-state index in [1.54, 1.807) is 0 Å². The van der Waals surface area contributed by atoms with Crippen LogP contribution in [0.4, 0.5) is 0 Å². The summed E-state index contributed by atoms with van der Waals surface area (Å²) in [7, 11) is 0. The number of piperidine rings is 1. The van der Waals surface area contributed by atoms with Gasteiger partial charge in [-0.1, -0.05) is 0 Å². The van der Waals surface area contributed by atoms with E-state index in [9.17, 15) is 4.79 Å². The molecule has 3 rings (SSSR count). The predicted molar refractivity (Wildman–Crippen MR) is 75.6 cm³/mol. The molecule has 1 aliphatic carbocycles. The molecule has 1 atom stereocenters. The Morgan fingerprint density at radius 3 is 2.90 bits per heavy atom. The largest absolute Gasteiger partial charge is 0.481 e. The summed E-state index contributed by atoms with van der Waals surface area (Å²) in [6.45, 7) is 2.19. The van der Waals surface area contributed by atoms with Gasteiger partial charge in [-0.05, 0) is 57.2 Å². The Morgan fingerprint density at radius 2 is 2.15 bits per heavy atom. The van der Waals surface area contributed by atoms with Crippen LogP contribution in [0.15, 0.2) is 16.7 Å². The number of nitrogens with zero attached hydrogens (tertiary/aromatic N) is 1. The number of likely N-dealkylation sites (tertiary alicyclic amines) is 1. The summed E-state index contributed by atoms with van der Waals surface area (Å²) in [4.78, 5) is 13.2. The summed E-state index contributed by atoms with van der Waals surface area (Å²) >= 11 is 0. The average Bonchev–Trinajstić information content (AvgIpc) is 2.94. The van der Waals surface area contributed by atoms with Crippen LogP contribution in [0.5, 0.6) is 0 Å². The van der Waals surface area contributed by atoms with Gasteiger partial charge in [0.25, 0.3) is 0 Å². The molecule has 20 heavy (non-hydrogen) atoms. The minimum absolute atomic E-state index is 0.319. The van der Waals surface area contributed by atoms with E-state index in [4.69, 9.17) is 9.52 Å². The Balaban J connectivity index is 1.55. The predicted octanol–water partition coefficient (Wildman–Crippen LogP) is 3.23. The van der Waals surface area contributed by atoms with Gasteiger partial charge in [0.1, 0.15) is 5.76 Å². The molecule has 1 fully saturated rings. The van der Waals surface area contributed by atoms with Crippen LogP contribution in [0, 0.1) is 5.92 Å². The van der Waals surface area contributed by atoms with Crippen LogP contribution in [-0.2, 0) is 11.2 Å². The van der Waals surface area contributed by atoms with Crippen molar-refractivity contribution in [2.45, 2.75) is 51.0 Å². The van der Waals surface area contributed by atoms with Gasteiger partial charge in [0.2, 0.25) is 0 Å². The van der Waals surface area contributed by atoms with Crippen molar-refractivity contribution in [2.24, 2.45) is 5.92 Å². The van der Waals surface area contributed by atoms with Crippen LogP contribution >= 0.6 is 0 Å². The molecule has 0 spiro atoms. The molecule has 4 heteroatoms. The molecule has 110 valence electrons. The maximum absolute atomic E-state index is 10.6. The molecule has 1 aliphatic heterocycles. The molecular weight excluding hydrogens is 254 g/mol. The second-order valence-corrected chi connectivity index (χ2v) is 6.12. The molecule has 4 nitrogen and oxygen atoms in total. The van der Waals surface area contributed by atoms with Crippen LogP contribution in [0.1, 0.15) is 55.9 Å². The van der Waals surface area contributed by atoms with Gasteiger partial charge < -0.3 is 9.52 Å². The summed E-state index contributed by atoms with van der Waals surface area (Å²) in [5.41, 5.74) is 1.39. The van der Waals surface area contributed by atoms with E-state index >= 15 is 0 Å². The van der Waals surface area contributed by atoms with E-state index in [1.807, 2.05) is 6.26 Å². The molecule has 0 saturated carbocycles. The van der Waals surface area contributed by atoms with Crippen molar-refractivity contribution >= 4 is 5.97 Å². The number of rotatable bonds is 4. The molecule has 0 bridgehead atoms. The van der Waals surface area contributed by atoms with Gasteiger partial charge in [0, 0.05) is 24.4 Å². The zero-order valence-corrected chi connectivity index (χ0v) is 11.9. The van der Waals surface area contributed by atoms with Crippen LogP contribution in [0.3, 0.4) is 0 Å². The molecule has 2 heterocycles. The minimum Gasteiger partial charge on any atom is -0.481 e. The highest BCUT2D eigenvalue weighted by molar-refractivity contribution is 5.66. The van der Waals surface area contributed by atoms with Crippen molar-refractivity contribution in [3.63, 3.8) is 0 Å². The first-order valence-corrected chi connectivity index (χ1v) is 7.76. The molecule has 1 aromatic heterocycles. The van der Waals surface area contributed by atoms with Gasteiger partial charge in [0.05, 0.1) is 6.26 Å². The number of carboxylic acid groups (broad SMARTS) is 1. The monoisotopic (exact) mass is 277 g/mol. The Bertz CT molecular complexity index is 460. The highest BCUT2D eigenvalue weighted by Crippen LogP contribution is 2.37. The van der Waals surface area contributed by atoms with E-state index in [-0.39, 0.29) is 0 Å². The molecule has 1 N–H and O–H groups in total. The third-order valence-corrected chi connectivity index (χ3v) is 4.88. The lowest BCUT2D eigenvalue weighted by molar-refractivity contribution is -0.137. The highest BCUT2D eigenvalue weighted by Gasteiger charge is 2.30. The van der Waals surface area contributed by atoms with Crippen molar-refractivity contribution in [3.05, 3.63) is 23.7 Å². The molecule has 1 unspecified atom stereocenters. The van der Waals surface area contributed by atoms with Crippen LogP contribution in [-0.4, -0.2) is 29.1 Å². The quantitative estimate of drug-likeness (QED) is 0.918. The zero-order valence-electron chi connectivity index (χ0n) is 11.9. The summed E-state index contributed by atoms with van der Waals surface area (Å²) in [5.74, 6) is 1.10. The number of hydrogen-bond acceptors (Lipinski definition) is 3. The molecule has 1 aromatic rings. The van der Waals surface area contributed by atoms with E-state index < -0.39 is 5.97 Å². The second kappa shape index (κ2) is 6.00. The van der Waals surface area contributed by atoms with E-state index in [0.29, 0.717) is 18.4 Å². The van der Waals surface area contributed by atoms with Gasteiger partial charge in [0.15, 0.2) is 0 Å². The topological polar surface area (TPSA) is 53.7 Å². The first kappa shape index (κ1) is 13.7. The van der Waals surface area contributed by atoms with Gasteiger partial charge in [-0.25, -0.2) is 0 Å². The molecule has 1 saturated heterocycles. The van der Waals surface area contributed by atoms with Gasteiger partial charge >= 0.3 is 5.97 Å². The molecule has 0 aromatic carbocycles. The van der Waals surface area contributed by atoms with Crippen molar-refractivity contribution in [1.29, 1.82) is 0 Å². The third-order valence-electron chi connectivity index (χ3n) is 4.88. The smallest absolute Gasteiger partial charge is 0.303 e. The lowest BCUT2D eigenvalue weighted by Crippen LogP contribution is -2.38. The lowest BCUT2D eigenvalue weighted by atomic mass is 9.87. The molecular formula is C16H23NO3. The minimum atomic E-state index is -0.664. The van der Waals surface area contributed by atoms with Crippen LogP contribution in [0.25, 0.3) is 0 Å². The Labute approximate surface area is 119 Å². The van der Waals surface area contributed by atoms with Crippen molar-refractivity contribution in [2.75, 3.05) is 13.1 Å². The SMILES string of the molecule is O=C(O)CCC1CCN(C2CCCc3occc32)CC1. The standard InChI is InChI=1S/C16H23NO3/c18-16(19)5-4-12-6-9-17(10-7-12)14-2-1-3-15-13(14)8-11-20-15/h8,11-12,14H,1-7,9-10H2,(H,18,19). The number of aliphatic carboxylic acids is 1. The number of aryl methyl sites for hydroxylation is 1. The van der Waals surface area contributed by atoms with Crippen LogP contribution < -0.4 is 0 Å². The molecule has 2 aliphatic rings. The van der Waals surface area contributed by atoms with Crippen LogP contribution in [0.2, 0.25) is 0 Å². The number of carboxylic acids is 1. The first-order valence-electron chi connectivity index (χ1n) is 7.76. The molecule has 0 amide bonds. The van der Waals surface area contributed by atoms with Crippen molar-refractivity contribution < 1.29 is 14.3 Å². The van der Waals surface area contributed by atoms with Crippen molar-refractivity contribution in [3.8, 4) is 0 Å². The normalized spacial score (nSPS) is 24.5. The number of hydrogen-bond donors (Lipinski definition) is 1. The number of carbonyl (C=O) groups is 1. The van der Waals surface area contributed by atoms with E-state index in [1.165, 1.54) is 24.2 Å². The third kappa shape index (κ3) is 2.90. The number of fused-ring (bicyclic) bond motifs is 1. The maximum atomic E-state index is 10.6. The van der Waals surface area contributed by atoms with Gasteiger partial charge in [-0.15, -0.1) is 0 Å². The van der Waals surface area contributed by atoms with Gasteiger partial charge in [-0.3, -0.25) is 9.69 Å². The number of furan rings is 1. The fourth-order valence-corrected chi connectivity index (χ4v) is 3.72. The Hall–Kier alpha value is -1.29. The lowest BCUT2D eigenvalue weighted by Gasteiger charge is -2.39. The summed E-state index contributed by atoms with van der Waals surface area (Å²) in [5, 5.41) is 8.76. The Morgan fingerprint density at radius 1 is 1.35 bits per heavy atom. The molecule has 0 radical (unpaired) electrons. The summed E-state index contributed by atoms with van der Waals surface area (Å²) in [6.07, 6.45) is 8.77. The fraction of sp³-hybridized carbons (Fsp3) is 0.688. The maximum Gasteiger partial charge on any atom is 0.303 e. The summed E-state index contributed by atoms with van der Waals surface area (Å²) in [6, 6.07) is 2.66.